The molecular formula is C24H25F3N4O2S. The van der Waals surface area contributed by atoms with Crippen molar-refractivity contribution >= 4 is 21.5 Å². The van der Waals surface area contributed by atoms with Crippen LogP contribution in [0.5, 0.6) is 0 Å². The van der Waals surface area contributed by atoms with Gasteiger partial charge in [-0.15, -0.1) is 0 Å². The van der Waals surface area contributed by atoms with E-state index in [4.69, 9.17) is 0 Å². The van der Waals surface area contributed by atoms with E-state index in [2.05, 4.69) is 20.3 Å². The summed E-state index contributed by atoms with van der Waals surface area (Å²) in [6.45, 7) is 2.61. The number of nitrogens with one attached hydrogen (secondary N) is 3. The van der Waals surface area contributed by atoms with Crippen LogP contribution >= 0.6 is 0 Å². The molecule has 1 aliphatic heterocycles. The molecule has 3 aromatic rings. The fourth-order valence-corrected chi connectivity index (χ4v) is 5.55. The first-order valence-electron chi connectivity index (χ1n) is 10.8. The molecule has 2 heterocycles. The highest BCUT2D eigenvalue weighted by Gasteiger charge is 2.33. The average Bonchev–Trinajstić information content (AvgIpc) is 2.82. The molecule has 4 rings (SSSR count). The maximum Gasteiger partial charge on any atom is 0.265 e. The number of anilines is 2. The van der Waals surface area contributed by atoms with Crippen molar-refractivity contribution in [1.82, 2.24) is 10.3 Å². The third-order valence-electron chi connectivity index (χ3n) is 6.10. The second-order valence-electron chi connectivity index (χ2n) is 8.37. The molecule has 0 radical (unpaired) electrons. The van der Waals surface area contributed by atoms with Crippen LogP contribution in [0.2, 0.25) is 0 Å². The van der Waals surface area contributed by atoms with Crippen molar-refractivity contribution in [3.8, 4) is 0 Å². The second kappa shape index (κ2) is 9.63. The van der Waals surface area contributed by atoms with Gasteiger partial charge >= 0.3 is 0 Å². The highest BCUT2D eigenvalue weighted by molar-refractivity contribution is 7.92. The van der Waals surface area contributed by atoms with Crippen molar-refractivity contribution in [2.45, 2.75) is 36.1 Å². The Morgan fingerprint density at radius 3 is 2.62 bits per heavy atom. The van der Waals surface area contributed by atoms with Gasteiger partial charge in [0.25, 0.3) is 10.0 Å². The van der Waals surface area contributed by atoms with Crippen LogP contribution in [-0.4, -0.2) is 33.0 Å². The first-order valence-corrected chi connectivity index (χ1v) is 12.3. The van der Waals surface area contributed by atoms with E-state index in [1.165, 1.54) is 6.07 Å². The second-order valence-corrected chi connectivity index (χ2v) is 10.0. The monoisotopic (exact) mass is 490 g/mol. The Kier molecular flexibility index (Phi) is 6.81. The van der Waals surface area contributed by atoms with Crippen LogP contribution in [-0.2, 0) is 10.0 Å². The summed E-state index contributed by atoms with van der Waals surface area (Å²) >= 11 is 0. The summed E-state index contributed by atoms with van der Waals surface area (Å²) < 4.78 is 70.9. The van der Waals surface area contributed by atoms with Gasteiger partial charge in [-0.2, -0.15) is 0 Å². The summed E-state index contributed by atoms with van der Waals surface area (Å²) in [6.07, 6.45) is 2.30. The van der Waals surface area contributed by atoms with Gasteiger partial charge in [0.1, 0.15) is 22.3 Å². The zero-order valence-electron chi connectivity index (χ0n) is 18.6. The fourth-order valence-electron chi connectivity index (χ4n) is 4.40. The predicted octanol–water partition coefficient (Wildman–Crippen LogP) is 4.59. The van der Waals surface area contributed by atoms with Gasteiger partial charge in [0, 0.05) is 31.7 Å². The predicted molar refractivity (Wildman–Crippen MR) is 125 cm³/mol. The number of rotatable bonds is 6. The first kappa shape index (κ1) is 24.0. The van der Waals surface area contributed by atoms with Crippen molar-refractivity contribution in [2.75, 3.05) is 23.6 Å². The van der Waals surface area contributed by atoms with E-state index in [9.17, 15) is 17.2 Å². The fraction of sp³-hybridized carbons (Fsp3) is 0.292. The Balaban J connectivity index is 1.71. The molecule has 1 aromatic heterocycles. The largest absolute Gasteiger partial charge is 0.373 e. The molecule has 0 amide bonds. The summed E-state index contributed by atoms with van der Waals surface area (Å²) in [5, 5.41) is 6.42. The summed E-state index contributed by atoms with van der Waals surface area (Å²) in [7, 11) is -2.79. The van der Waals surface area contributed by atoms with Crippen LogP contribution in [0.1, 0.15) is 36.3 Å². The summed E-state index contributed by atoms with van der Waals surface area (Å²) in [4.78, 5) is 3.35. The van der Waals surface area contributed by atoms with Crippen LogP contribution in [0.25, 0.3) is 0 Å². The van der Waals surface area contributed by atoms with Crippen LogP contribution < -0.4 is 15.4 Å². The molecule has 3 atom stereocenters. The lowest BCUT2D eigenvalue weighted by Gasteiger charge is -2.37. The molecule has 2 aromatic carbocycles. The van der Waals surface area contributed by atoms with E-state index in [0.717, 1.165) is 11.6 Å². The first-order chi connectivity index (χ1) is 16.2. The highest BCUT2D eigenvalue weighted by Crippen LogP contribution is 2.41. The van der Waals surface area contributed by atoms with E-state index in [1.54, 1.807) is 25.4 Å². The number of sulfonamides is 1. The van der Waals surface area contributed by atoms with Crippen molar-refractivity contribution in [2.24, 2.45) is 0 Å². The Morgan fingerprint density at radius 1 is 1.06 bits per heavy atom. The summed E-state index contributed by atoms with van der Waals surface area (Å²) in [5.41, 5.74) is 0.994. The molecule has 0 bridgehead atoms. The topological polar surface area (TPSA) is 83.1 Å². The molecule has 3 N–H and O–H groups in total. The third-order valence-corrected chi connectivity index (χ3v) is 7.48. The SMILES string of the molecule is CNc1cc(C2CNC(C)CC2c2cccc(NS(=O)(=O)c3cc(F)ccc3F)c2F)ccn1. The quantitative estimate of drug-likeness (QED) is 0.471. The van der Waals surface area contributed by atoms with Crippen molar-refractivity contribution in [3.63, 3.8) is 0 Å². The molecule has 0 aliphatic carbocycles. The van der Waals surface area contributed by atoms with Crippen molar-refractivity contribution < 1.29 is 21.6 Å². The lowest BCUT2D eigenvalue weighted by molar-refractivity contribution is 0.334. The molecule has 1 saturated heterocycles. The Bertz CT molecular complexity index is 1300. The van der Waals surface area contributed by atoms with E-state index in [1.807, 2.05) is 19.1 Å². The van der Waals surface area contributed by atoms with Crippen LogP contribution in [0.4, 0.5) is 24.7 Å². The minimum Gasteiger partial charge on any atom is -0.373 e. The number of aromatic nitrogens is 1. The molecule has 6 nitrogen and oxygen atoms in total. The Morgan fingerprint density at radius 2 is 1.85 bits per heavy atom. The number of nitrogens with zero attached hydrogens (tertiary/aromatic N) is 1. The molecule has 10 heteroatoms. The van der Waals surface area contributed by atoms with Gasteiger partial charge in [0.05, 0.1) is 5.69 Å². The maximum absolute atomic E-state index is 15.7. The molecule has 0 saturated carbocycles. The molecule has 34 heavy (non-hydrogen) atoms. The number of piperidine rings is 1. The Hall–Kier alpha value is -3.11. The highest BCUT2D eigenvalue weighted by atomic mass is 32.2. The standard InChI is InChI=1S/C24H25F3N4O2S/c1-14-10-18(19(13-30-14)15-8-9-29-23(11-15)28-2)17-4-3-5-21(24(17)27)31-34(32,33)22-12-16(25)6-7-20(22)26/h3-9,11-12,14,18-19,30-31H,10,13H2,1-2H3,(H,28,29). The number of halogens is 3. The minimum atomic E-state index is -4.56. The van der Waals surface area contributed by atoms with Gasteiger partial charge < -0.3 is 10.6 Å². The van der Waals surface area contributed by atoms with Crippen LogP contribution in [0, 0.1) is 17.5 Å². The maximum atomic E-state index is 15.7. The zero-order chi connectivity index (χ0) is 24.5. The average molecular weight is 491 g/mol. The van der Waals surface area contributed by atoms with Crippen LogP contribution in [0.15, 0.2) is 59.6 Å². The molecule has 0 spiro atoms. The molecule has 180 valence electrons. The third kappa shape index (κ3) is 4.88. The van der Waals surface area contributed by atoms with Crippen LogP contribution in [0.3, 0.4) is 0 Å². The van der Waals surface area contributed by atoms with Gasteiger partial charge in [0.15, 0.2) is 5.82 Å². The number of pyridine rings is 1. The molecular weight excluding hydrogens is 465 g/mol. The van der Waals surface area contributed by atoms with E-state index in [-0.39, 0.29) is 23.6 Å². The van der Waals surface area contributed by atoms with E-state index in [0.29, 0.717) is 36.5 Å². The van der Waals surface area contributed by atoms with Gasteiger partial charge in [-0.3, -0.25) is 4.72 Å². The normalized spacial score (nSPS) is 20.7. The van der Waals surface area contributed by atoms with E-state index < -0.39 is 32.4 Å². The summed E-state index contributed by atoms with van der Waals surface area (Å²) in [5.74, 6) is -2.44. The number of hydrogen-bond donors (Lipinski definition) is 3. The van der Waals surface area contributed by atoms with Gasteiger partial charge in [-0.05, 0) is 66.8 Å². The Labute approximate surface area is 196 Å². The number of benzene rings is 2. The summed E-state index contributed by atoms with van der Waals surface area (Å²) in [6, 6.07) is 10.4. The van der Waals surface area contributed by atoms with Gasteiger partial charge in [-0.1, -0.05) is 12.1 Å². The smallest absolute Gasteiger partial charge is 0.265 e. The molecule has 3 unspecified atom stereocenters. The molecule has 1 aliphatic rings. The van der Waals surface area contributed by atoms with Crippen molar-refractivity contribution in [1.29, 1.82) is 0 Å². The van der Waals surface area contributed by atoms with Gasteiger partial charge in [0.2, 0.25) is 0 Å². The number of hydrogen-bond acceptors (Lipinski definition) is 5. The lowest BCUT2D eigenvalue weighted by atomic mass is 9.75. The lowest BCUT2D eigenvalue weighted by Crippen LogP contribution is -2.40. The van der Waals surface area contributed by atoms with Crippen molar-refractivity contribution in [3.05, 3.63) is 83.3 Å². The molecule has 1 fully saturated rings. The van der Waals surface area contributed by atoms with Gasteiger partial charge in [-0.25, -0.2) is 26.6 Å². The zero-order valence-corrected chi connectivity index (χ0v) is 19.5. The minimum absolute atomic E-state index is 0.0895. The van der Waals surface area contributed by atoms with E-state index >= 15 is 4.39 Å².